The predicted molar refractivity (Wildman–Crippen MR) is 240 cm³/mol. The van der Waals surface area contributed by atoms with Gasteiger partial charge in [0.25, 0.3) is 0 Å². The van der Waals surface area contributed by atoms with Crippen molar-refractivity contribution < 1.29 is 0 Å². The van der Waals surface area contributed by atoms with Crippen LogP contribution in [0.25, 0.3) is 59.4 Å². The summed E-state index contributed by atoms with van der Waals surface area (Å²) >= 11 is 0. The Morgan fingerprint density at radius 1 is 0.404 bits per heavy atom. The van der Waals surface area contributed by atoms with Crippen molar-refractivity contribution in [1.82, 2.24) is 5.32 Å². The van der Waals surface area contributed by atoms with Crippen LogP contribution in [0.15, 0.2) is 206 Å². The minimum Gasteiger partial charge on any atom is -0.365 e. The van der Waals surface area contributed by atoms with E-state index in [0.29, 0.717) is 0 Å². The molecule has 10 aromatic carbocycles. The Balaban J connectivity index is 1.05. The predicted octanol–water partition coefficient (Wildman–Crippen LogP) is 13.6. The third-order valence-electron chi connectivity index (χ3n) is 12.7. The van der Waals surface area contributed by atoms with Gasteiger partial charge in [-0.15, -0.1) is 0 Å². The molecule has 12 rings (SSSR count). The zero-order valence-corrected chi connectivity index (χ0v) is 31.3. The lowest BCUT2D eigenvalue weighted by molar-refractivity contribution is 0.507. The van der Waals surface area contributed by atoms with Crippen molar-refractivity contribution in [2.45, 2.75) is 17.6 Å². The maximum absolute atomic E-state index is 4.00. The smallest absolute Gasteiger partial charge is 0.104 e. The first-order chi connectivity index (χ1) is 28.2. The summed E-state index contributed by atoms with van der Waals surface area (Å²) in [6.45, 7) is 0. The molecule has 0 aromatic heterocycles. The summed E-state index contributed by atoms with van der Waals surface area (Å²) in [4.78, 5) is 0. The van der Waals surface area contributed by atoms with E-state index in [-0.39, 0.29) is 12.2 Å². The van der Waals surface area contributed by atoms with Crippen molar-refractivity contribution in [1.29, 1.82) is 0 Å². The highest BCUT2D eigenvalue weighted by molar-refractivity contribution is 6.17. The number of anilines is 1. The van der Waals surface area contributed by atoms with Crippen LogP contribution in [0, 0.1) is 0 Å². The van der Waals surface area contributed by atoms with E-state index in [4.69, 9.17) is 0 Å². The van der Waals surface area contributed by atoms with Gasteiger partial charge < -0.3 is 5.32 Å². The fourth-order valence-electron chi connectivity index (χ4n) is 9.92. The molecule has 268 valence electrons. The molecule has 0 fully saturated rings. The molecular weight excluding hydrogens is 689 g/mol. The van der Waals surface area contributed by atoms with Crippen LogP contribution in [0.2, 0.25) is 0 Å². The van der Waals surface area contributed by atoms with Crippen LogP contribution in [-0.2, 0) is 5.41 Å². The Morgan fingerprint density at radius 2 is 0.965 bits per heavy atom. The summed E-state index contributed by atoms with van der Waals surface area (Å²) in [7, 11) is 0. The molecule has 2 aliphatic rings. The van der Waals surface area contributed by atoms with E-state index >= 15 is 0 Å². The van der Waals surface area contributed by atoms with E-state index in [1.54, 1.807) is 0 Å². The Kier molecular flexibility index (Phi) is 7.08. The van der Waals surface area contributed by atoms with Crippen molar-refractivity contribution in [2.75, 3.05) is 5.32 Å². The zero-order chi connectivity index (χ0) is 37.5. The lowest BCUT2D eigenvalue weighted by Gasteiger charge is -2.36. The number of hydrogen-bond donors (Lipinski definition) is 2. The van der Waals surface area contributed by atoms with Crippen molar-refractivity contribution in [3.63, 3.8) is 0 Å². The van der Waals surface area contributed by atoms with E-state index in [2.05, 4.69) is 217 Å². The molecule has 0 amide bonds. The van der Waals surface area contributed by atoms with Gasteiger partial charge in [-0.25, -0.2) is 0 Å². The Bertz CT molecular complexity index is 3250. The van der Waals surface area contributed by atoms with Crippen molar-refractivity contribution in [2.24, 2.45) is 0 Å². The molecule has 3 atom stereocenters. The summed E-state index contributed by atoms with van der Waals surface area (Å²) in [5.41, 5.74) is 9.79. The number of hydrogen-bond acceptors (Lipinski definition) is 2. The molecule has 1 aliphatic carbocycles. The number of fused-ring (bicyclic) bond motifs is 9. The van der Waals surface area contributed by atoms with E-state index in [9.17, 15) is 0 Å². The minimum atomic E-state index is -0.407. The molecule has 2 heteroatoms. The van der Waals surface area contributed by atoms with Crippen LogP contribution in [-0.4, -0.2) is 0 Å². The van der Waals surface area contributed by atoms with Gasteiger partial charge in [0.05, 0.1) is 11.5 Å². The van der Waals surface area contributed by atoms with E-state index < -0.39 is 5.41 Å². The summed E-state index contributed by atoms with van der Waals surface area (Å²) in [5.74, 6) is 0. The molecular formula is C55H38N2. The molecule has 0 spiro atoms. The highest BCUT2D eigenvalue weighted by Gasteiger charge is 2.49. The van der Waals surface area contributed by atoms with Crippen LogP contribution < -0.4 is 10.6 Å². The highest BCUT2D eigenvalue weighted by atomic mass is 15.2. The molecule has 2 nitrogen and oxygen atoms in total. The van der Waals surface area contributed by atoms with Crippen LogP contribution >= 0.6 is 0 Å². The van der Waals surface area contributed by atoms with Crippen molar-refractivity contribution in [3.8, 4) is 0 Å². The molecule has 0 saturated carbocycles. The van der Waals surface area contributed by atoms with Gasteiger partial charge in [0.1, 0.15) is 6.17 Å². The fraction of sp³-hybridized carbons (Fsp3) is 0.0545. The van der Waals surface area contributed by atoms with Gasteiger partial charge in [-0.3, -0.25) is 5.32 Å². The van der Waals surface area contributed by atoms with Crippen LogP contribution in [0.3, 0.4) is 0 Å². The maximum Gasteiger partial charge on any atom is 0.104 e. The first-order valence-corrected chi connectivity index (χ1v) is 20.0. The molecule has 2 N–H and O–H groups in total. The van der Waals surface area contributed by atoms with Gasteiger partial charge in [0.15, 0.2) is 0 Å². The Hall–Kier alpha value is -7.00. The zero-order valence-electron chi connectivity index (χ0n) is 31.3. The van der Waals surface area contributed by atoms with Gasteiger partial charge in [-0.05, 0) is 99.6 Å². The van der Waals surface area contributed by atoms with Crippen LogP contribution in [0.5, 0.6) is 0 Å². The Labute approximate surface area is 331 Å². The number of benzene rings is 10. The largest absolute Gasteiger partial charge is 0.365 e. The molecule has 57 heavy (non-hydrogen) atoms. The van der Waals surface area contributed by atoms with E-state index in [0.717, 1.165) is 0 Å². The second kappa shape index (κ2) is 12.5. The molecule has 0 radical (unpaired) electrons. The average molecular weight is 727 g/mol. The SMILES string of the molecule is C1=C(c2cc3ccccc3c3ccccc23)C1(c1ccc(C2NC(c3ccccc3)Nc3c2ccc2ccccc32)cc1)c1cc2ccccc2c2ccccc12. The molecule has 1 heterocycles. The number of allylic oxidation sites excluding steroid dienone is 2. The van der Waals surface area contributed by atoms with E-state index in [1.807, 2.05) is 0 Å². The molecule has 3 unspecified atom stereocenters. The summed E-state index contributed by atoms with van der Waals surface area (Å²) < 4.78 is 0. The van der Waals surface area contributed by atoms with E-state index in [1.165, 1.54) is 98.5 Å². The van der Waals surface area contributed by atoms with Crippen LogP contribution in [0.4, 0.5) is 5.69 Å². The summed E-state index contributed by atoms with van der Waals surface area (Å²) in [5, 5.41) is 20.7. The molecule has 10 aromatic rings. The quantitative estimate of drug-likeness (QED) is 0.173. The number of nitrogens with one attached hydrogen (secondary N) is 2. The first-order valence-electron chi connectivity index (χ1n) is 20.0. The monoisotopic (exact) mass is 726 g/mol. The van der Waals surface area contributed by atoms with Crippen molar-refractivity contribution in [3.05, 3.63) is 240 Å². The molecule has 1 aliphatic heterocycles. The lowest BCUT2D eigenvalue weighted by atomic mass is 9.77. The van der Waals surface area contributed by atoms with Gasteiger partial charge in [0, 0.05) is 11.1 Å². The third-order valence-corrected chi connectivity index (χ3v) is 12.7. The fourth-order valence-corrected chi connectivity index (χ4v) is 9.92. The minimum absolute atomic E-state index is 0.00127. The summed E-state index contributed by atoms with van der Waals surface area (Å²) in [6, 6.07) is 74.0. The molecule has 0 bridgehead atoms. The van der Waals surface area contributed by atoms with Gasteiger partial charge in [-0.1, -0.05) is 194 Å². The molecule has 0 saturated heterocycles. The third kappa shape index (κ3) is 4.94. The average Bonchev–Trinajstić information content (AvgIpc) is 4.05. The van der Waals surface area contributed by atoms with Gasteiger partial charge in [-0.2, -0.15) is 0 Å². The Morgan fingerprint density at radius 3 is 1.68 bits per heavy atom. The maximum atomic E-state index is 4.00. The lowest BCUT2D eigenvalue weighted by Crippen LogP contribution is -2.37. The van der Waals surface area contributed by atoms with Crippen molar-refractivity contribution >= 4 is 65.1 Å². The second-order valence-corrected chi connectivity index (χ2v) is 15.7. The van der Waals surface area contributed by atoms with Gasteiger partial charge in [0.2, 0.25) is 0 Å². The van der Waals surface area contributed by atoms with Gasteiger partial charge >= 0.3 is 0 Å². The summed E-state index contributed by atoms with van der Waals surface area (Å²) in [6.07, 6.45) is 2.49. The second-order valence-electron chi connectivity index (χ2n) is 15.7. The number of rotatable bonds is 5. The topological polar surface area (TPSA) is 24.1 Å². The first kappa shape index (κ1) is 32.3. The standard InChI is InChI=1S/C55H38N2/c1-2-15-37(16-3-1)54-56-52(48-31-28-35-14-4-9-21-43(35)53(48)57-54)36-26-29-40(30-27-36)55(50-33-39-18-6-8-20-42(39)45-23-12-13-25-47(45)50)34-51(55)49-32-38-17-5-7-19-41(38)44-22-10-11-24-46(44)49/h1-34,52,54,56-57H. The normalized spacial score (nSPS) is 18.8. The van der Waals surface area contributed by atoms with Crippen LogP contribution in [0.1, 0.15) is 45.6 Å². The highest BCUT2D eigenvalue weighted by Crippen LogP contribution is 2.60.